The highest BCUT2D eigenvalue weighted by atomic mass is 19.4. The highest BCUT2D eigenvalue weighted by Gasteiger charge is 2.50. The zero-order chi connectivity index (χ0) is 22.3. The average Bonchev–Trinajstić information content (AvgIpc) is 2.89. The van der Waals surface area contributed by atoms with Crippen LogP contribution in [-0.4, -0.2) is 51.5 Å². The summed E-state index contributed by atoms with van der Waals surface area (Å²) in [5, 5.41) is 21.2. The van der Waals surface area contributed by atoms with Gasteiger partial charge in [0.05, 0.1) is 5.69 Å². The summed E-state index contributed by atoms with van der Waals surface area (Å²) in [6, 6.07) is 6.16. The number of hydrogen-bond donors (Lipinski definition) is 3. The second-order valence-corrected chi connectivity index (χ2v) is 8.20. The molecule has 2 fully saturated rings. The van der Waals surface area contributed by atoms with Crippen molar-refractivity contribution in [3.63, 3.8) is 0 Å². The van der Waals surface area contributed by atoms with Gasteiger partial charge in [0.25, 0.3) is 0 Å². The fraction of sp³-hybridized carbons (Fsp3) is 0.500. The third-order valence-corrected chi connectivity index (χ3v) is 5.46. The molecule has 0 unspecified atom stereocenters. The molecule has 30 heavy (non-hydrogen) atoms. The summed E-state index contributed by atoms with van der Waals surface area (Å²) in [7, 11) is 0. The van der Waals surface area contributed by atoms with Gasteiger partial charge in [-0.25, -0.2) is 4.79 Å². The molecular weight excluding hydrogens is 403 g/mol. The molecule has 1 spiro atoms. The number of carboxylic acid groups (broad SMARTS) is 1. The third-order valence-electron chi connectivity index (χ3n) is 5.46. The molecule has 1 aliphatic carbocycles. The second kappa shape index (κ2) is 7.92. The second-order valence-electron chi connectivity index (χ2n) is 8.20. The minimum Gasteiger partial charge on any atom is -0.508 e. The van der Waals surface area contributed by atoms with E-state index in [1.807, 2.05) is 19.9 Å². The Morgan fingerprint density at radius 1 is 1.30 bits per heavy atom. The van der Waals surface area contributed by atoms with Crippen LogP contribution in [0.25, 0.3) is 11.1 Å². The fourth-order valence-electron chi connectivity index (χ4n) is 4.39. The molecule has 1 aromatic heterocycles. The van der Waals surface area contributed by atoms with E-state index in [1.54, 1.807) is 6.07 Å². The lowest BCUT2D eigenvalue weighted by Crippen LogP contribution is -2.64. The van der Waals surface area contributed by atoms with Crippen molar-refractivity contribution < 1.29 is 32.7 Å². The smallest absolute Gasteiger partial charge is 0.490 e. The molecule has 4 N–H and O–H groups in total. The maximum atomic E-state index is 10.6. The third kappa shape index (κ3) is 4.76. The lowest BCUT2D eigenvalue weighted by Gasteiger charge is -2.58. The summed E-state index contributed by atoms with van der Waals surface area (Å²) in [5.41, 5.74) is 10.3. The number of aromatic nitrogens is 1. The van der Waals surface area contributed by atoms with Crippen molar-refractivity contribution in [3.8, 4) is 16.9 Å². The maximum Gasteiger partial charge on any atom is 0.490 e. The number of rotatable bonds is 3. The molecule has 2 heterocycles. The number of likely N-dealkylation sites (tertiary alicyclic amines) is 1. The van der Waals surface area contributed by atoms with Crippen LogP contribution in [0.15, 0.2) is 22.7 Å². The Kier molecular flexibility index (Phi) is 5.83. The van der Waals surface area contributed by atoms with Crippen molar-refractivity contribution in [2.45, 2.75) is 45.5 Å². The van der Waals surface area contributed by atoms with E-state index in [1.165, 1.54) is 0 Å². The first kappa shape index (κ1) is 22.1. The quantitative estimate of drug-likeness (QED) is 0.689. The van der Waals surface area contributed by atoms with Crippen molar-refractivity contribution >= 4 is 5.97 Å². The lowest BCUT2D eigenvalue weighted by molar-refractivity contribution is -0.192. The number of nitrogens with zero attached hydrogens (tertiary/aromatic N) is 2. The number of benzene rings is 1. The normalized spacial score (nSPS) is 18.3. The highest BCUT2D eigenvalue weighted by molar-refractivity contribution is 5.73. The zero-order valence-electron chi connectivity index (χ0n) is 16.7. The number of halogens is 3. The highest BCUT2D eigenvalue weighted by Crippen LogP contribution is 2.48. The van der Waals surface area contributed by atoms with Crippen LogP contribution in [-0.2, 0) is 11.3 Å². The standard InChI is InChI=1S/C18H23N3O2.C2HF3O2/c1-11-17(12(2)23-20-11)14-3-13(4-16(22)5-14)8-21-9-18(10-21)6-15(19)7-18;3-2(4,5)1(6)7/h3-5,15,22H,6-10,19H2,1-2H3;(H,6,7). The molecule has 0 atom stereocenters. The molecule has 1 aromatic carbocycles. The van der Waals surface area contributed by atoms with Gasteiger partial charge in [-0.3, -0.25) is 4.90 Å². The van der Waals surface area contributed by atoms with E-state index < -0.39 is 12.1 Å². The van der Waals surface area contributed by atoms with Crippen LogP contribution in [0.4, 0.5) is 13.2 Å². The molecule has 1 aliphatic heterocycles. The summed E-state index contributed by atoms with van der Waals surface area (Å²) in [5.74, 6) is -1.68. The van der Waals surface area contributed by atoms with Gasteiger partial charge in [-0.15, -0.1) is 0 Å². The molecule has 0 bridgehead atoms. The van der Waals surface area contributed by atoms with E-state index in [9.17, 15) is 18.3 Å². The number of carboxylic acids is 1. The Morgan fingerprint density at radius 2 is 1.90 bits per heavy atom. The number of aryl methyl sites for hydroxylation is 2. The SMILES string of the molecule is Cc1noc(C)c1-c1cc(O)cc(CN2CC3(CC(N)C3)C2)c1.O=C(O)C(F)(F)F. The minimum atomic E-state index is -5.08. The molecule has 1 saturated heterocycles. The average molecular weight is 427 g/mol. The van der Waals surface area contributed by atoms with Crippen LogP contribution in [0.5, 0.6) is 5.75 Å². The molecule has 7 nitrogen and oxygen atoms in total. The van der Waals surface area contributed by atoms with E-state index in [0.29, 0.717) is 17.2 Å². The van der Waals surface area contributed by atoms with Crippen molar-refractivity contribution in [1.29, 1.82) is 0 Å². The predicted octanol–water partition coefficient (Wildman–Crippen LogP) is 3.22. The summed E-state index contributed by atoms with van der Waals surface area (Å²) < 4.78 is 37.0. The number of nitrogens with two attached hydrogens (primary N) is 1. The van der Waals surface area contributed by atoms with Crippen molar-refractivity contribution in [3.05, 3.63) is 35.2 Å². The first-order valence-corrected chi connectivity index (χ1v) is 9.43. The van der Waals surface area contributed by atoms with Gasteiger partial charge in [-0.1, -0.05) is 5.16 Å². The zero-order valence-corrected chi connectivity index (χ0v) is 16.7. The van der Waals surface area contributed by atoms with Crippen LogP contribution in [0.3, 0.4) is 0 Å². The molecule has 164 valence electrons. The van der Waals surface area contributed by atoms with Crippen LogP contribution >= 0.6 is 0 Å². The minimum absolute atomic E-state index is 0.290. The Bertz CT molecular complexity index is 908. The number of aliphatic carboxylic acids is 1. The van der Waals surface area contributed by atoms with Crippen molar-refractivity contribution in [1.82, 2.24) is 10.1 Å². The van der Waals surface area contributed by atoms with Gasteiger partial charge in [-0.05, 0) is 61.4 Å². The Morgan fingerprint density at radius 3 is 2.37 bits per heavy atom. The summed E-state index contributed by atoms with van der Waals surface area (Å²) in [6.45, 7) is 6.93. The summed E-state index contributed by atoms with van der Waals surface area (Å²) in [4.78, 5) is 11.3. The van der Waals surface area contributed by atoms with E-state index in [2.05, 4.69) is 16.1 Å². The van der Waals surface area contributed by atoms with Gasteiger partial charge < -0.3 is 20.5 Å². The first-order chi connectivity index (χ1) is 13.9. The number of phenolic OH excluding ortho intramolecular Hbond substituents is 1. The largest absolute Gasteiger partial charge is 0.508 e. The number of aromatic hydroxyl groups is 1. The topological polar surface area (TPSA) is 113 Å². The summed E-state index contributed by atoms with van der Waals surface area (Å²) >= 11 is 0. The first-order valence-electron chi connectivity index (χ1n) is 9.43. The van der Waals surface area contributed by atoms with E-state index >= 15 is 0 Å². The number of phenols is 1. The molecule has 2 aromatic rings. The Hall–Kier alpha value is -2.59. The van der Waals surface area contributed by atoms with E-state index in [-0.39, 0.29) is 0 Å². The van der Waals surface area contributed by atoms with Crippen LogP contribution < -0.4 is 5.73 Å². The van der Waals surface area contributed by atoms with Crippen molar-refractivity contribution in [2.75, 3.05) is 13.1 Å². The number of hydrogen-bond acceptors (Lipinski definition) is 6. The molecule has 0 radical (unpaired) electrons. The molecule has 4 rings (SSSR count). The van der Waals surface area contributed by atoms with Gasteiger partial charge in [0.15, 0.2) is 0 Å². The van der Waals surface area contributed by atoms with Crippen LogP contribution in [0.1, 0.15) is 29.9 Å². The van der Waals surface area contributed by atoms with Gasteiger partial charge >= 0.3 is 12.1 Å². The number of carbonyl (C=O) groups is 1. The lowest BCUT2D eigenvalue weighted by atomic mass is 9.61. The van der Waals surface area contributed by atoms with Gasteiger partial charge in [0.1, 0.15) is 11.5 Å². The van der Waals surface area contributed by atoms with Gasteiger partial charge in [0.2, 0.25) is 0 Å². The van der Waals surface area contributed by atoms with E-state index in [4.69, 9.17) is 20.2 Å². The molecule has 0 amide bonds. The molecule has 1 saturated carbocycles. The van der Waals surface area contributed by atoms with Crippen LogP contribution in [0.2, 0.25) is 0 Å². The van der Waals surface area contributed by atoms with Gasteiger partial charge in [-0.2, -0.15) is 13.2 Å². The van der Waals surface area contributed by atoms with Gasteiger partial charge in [0, 0.05) is 31.2 Å². The maximum absolute atomic E-state index is 10.6. The monoisotopic (exact) mass is 427 g/mol. The Labute approximate surface area is 171 Å². The van der Waals surface area contributed by atoms with Crippen LogP contribution in [0, 0.1) is 19.3 Å². The molecule has 10 heteroatoms. The number of alkyl halides is 3. The summed E-state index contributed by atoms with van der Waals surface area (Å²) in [6.07, 6.45) is -2.76. The van der Waals surface area contributed by atoms with Crippen molar-refractivity contribution in [2.24, 2.45) is 11.1 Å². The predicted molar refractivity (Wildman–Crippen MR) is 102 cm³/mol. The Balaban J connectivity index is 0.000000318. The van der Waals surface area contributed by atoms with E-state index in [0.717, 1.165) is 60.6 Å². The molecular formula is C20H24F3N3O4. The fourth-order valence-corrected chi connectivity index (χ4v) is 4.39. The molecule has 2 aliphatic rings.